The molecular formula is C17H22N4O7PS-. The van der Waals surface area contributed by atoms with Crippen molar-refractivity contribution in [2.45, 2.75) is 23.6 Å². The lowest BCUT2D eigenvalue weighted by molar-refractivity contribution is -0.193. The SMILES string of the molecule is Cc1c(Sc2ccccc2)n(COCCNC(=O)CNCP(=O)([O-])O)c(=O)[nH]c1=O. The summed E-state index contributed by atoms with van der Waals surface area (Å²) in [5, 5.41) is 5.23. The lowest BCUT2D eigenvalue weighted by Crippen LogP contribution is -2.37. The molecular weight excluding hydrogens is 435 g/mol. The molecule has 1 aromatic heterocycles. The van der Waals surface area contributed by atoms with Crippen LogP contribution in [0.1, 0.15) is 5.56 Å². The number of carbonyl (C=O) groups is 1. The molecule has 11 nitrogen and oxygen atoms in total. The van der Waals surface area contributed by atoms with E-state index in [1.165, 1.54) is 16.3 Å². The van der Waals surface area contributed by atoms with E-state index in [0.717, 1.165) is 4.90 Å². The van der Waals surface area contributed by atoms with Crippen LogP contribution >= 0.6 is 19.4 Å². The number of aromatic amines is 1. The summed E-state index contributed by atoms with van der Waals surface area (Å²) in [5.41, 5.74) is -0.700. The third-order valence-corrected chi connectivity index (χ3v) is 5.57. The van der Waals surface area contributed by atoms with Gasteiger partial charge in [-0.15, -0.1) is 0 Å². The van der Waals surface area contributed by atoms with E-state index in [1.54, 1.807) is 6.92 Å². The summed E-state index contributed by atoms with van der Waals surface area (Å²) < 4.78 is 17.3. The highest BCUT2D eigenvalue weighted by atomic mass is 32.2. The highest BCUT2D eigenvalue weighted by molar-refractivity contribution is 7.99. The second-order valence-electron chi connectivity index (χ2n) is 6.14. The van der Waals surface area contributed by atoms with Gasteiger partial charge in [0.15, 0.2) is 0 Å². The smallest absolute Gasteiger partial charge is 0.331 e. The van der Waals surface area contributed by atoms with Gasteiger partial charge >= 0.3 is 5.69 Å². The lowest BCUT2D eigenvalue weighted by Gasteiger charge is -2.16. The van der Waals surface area contributed by atoms with E-state index in [1.807, 2.05) is 30.3 Å². The van der Waals surface area contributed by atoms with Crippen LogP contribution in [0.2, 0.25) is 0 Å². The van der Waals surface area contributed by atoms with E-state index in [4.69, 9.17) is 9.63 Å². The summed E-state index contributed by atoms with van der Waals surface area (Å²) in [5.74, 6) is -0.482. The second-order valence-corrected chi connectivity index (χ2v) is 8.80. The number of H-pyrrole nitrogens is 1. The first-order valence-electron chi connectivity index (χ1n) is 8.82. The van der Waals surface area contributed by atoms with E-state index < -0.39 is 31.0 Å². The van der Waals surface area contributed by atoms with Crippen molar-refractivity contribution in [3.8, 4) is 0 Å². The first kappa shape index (κ1) is 24.1. The van der Waals surface area contributed by atoms with Crippen LogP contribution in [0.4, 0.5) is 0 Å². The largest absolute Gasteiger partial charge is 0.778 e. The van der Waals surface area contributed by atoms with E-state index >= 15 is 0 Å². The van der Waals surface area contributed by atoms with Crippen molar-refractivity contribution in [3.05, 3.63) is 56.7 Å². The van der Waals surface area contributed by atoms with Gasteiger partial charge in [0.1, 0.15) is 14.3 Å². The zero-order chi connectivity index (χ0) is 22.1. The first-order chi connectivity index (χ1) is 14.2. The minimum Gasteiger partial charge on any atom is -0.778 e. The molecule has 1 aromatic carbocycles. The van der Waals surface area contributed by atoms with Crippen LogP contribution in [-0.4, -0.2) is 46.3 Å². The van der Waals surface area contributed by atoms with Crippen molar-refractivity contribution in [2.24, 2.45) is 0 Å². The van der Waals surface area contributed by atoms with Crippen LogP contribution in [0.3, 0.4) is 0 Å². The number of hydrogen-bond donors (Lipinski definition) is 4. The highest BCUT2D eigenvalue weighted by Crippen LogP contribution is 2.27. The normalized spacial score (nSPS) is 13.0. The number of benzene rings is 1. The molecule has 1 heterocycles. The molecule has 164 valence electrons. The number of aromatic nitrogens is 2. The van der Waals surface area contributed by atoms with Crippen LogP contribution < -0.4 is 26.8 Å². The maximum Gasteiger partial charge on any atom is 0.331 e. The summed E-state index contributed by atoms with van der Waals surface area (Å²) in [4.78, 5) is 58.0. The van der Waals surface area contributed by atoms with Crippen LogP contribution in [0.25, 0.3) is 0 Å². The predicted octanol–water partition coefficient (Wildman–Crippen LogP) is -0.821. The molecule has 0 bridgehead atoms. The van der Waals surface area contributed by atoms with Crippen LogP contribution in [0.5, 0.6) is 0 Å². The van der Waals surface area contributed by atoms with Gasteiger partial charge in [-0.25, -0.2) is 4.79 Å². The molecule has 0 saturated carbocycles. The Kier molecular flexibility index (Phi) is 9.03. The van der Waals surface area contributed by atoms with Crippen molar-refractivity contribution < 1.29 is 23.9 Å². The molecule has 1 amide bonds. The van der Waals surface area contributed by atoms with Crippen molar-refractivity contribution in [1.29, 1.82) is 0 Å². The van der Waals surface area contributed by atoms with Gasteiger partial charge in [-0.2, -0.15) is 0 Å². The summed E-state index contributed by atoms with van der Waals surface area (Å²) in [7, 11) is -4.46. The second kappa shape index (κ2) is 11.3. The third-order valence-electron chi connectivity index (χ3n) is 3.72. The number of amides is 1. The van der Waals surface area contributed by atoms with Crippen molar-refractivity contribution >= 4 is 25.3 Å². The Labute approximate surface area is 176 Å². The van der Waals surface area contributed by atoms with Gasteiger partial charge in [-0.1, -0.05) is 30.0 Å². The fourth-order valence-electron chi connectivity index (χ4n) is 2.29. The molecule has 0 radical (unpaired) electrons. The number of rotatable bonds is 11. The maximum atomic E-state index is 12.2. The minimum absolute atomic E-state index is 0.0752. The first-order valence-corrected chi connectivity index (χ1v) is 11.4. The summed E-state index contributed by atoms with van der Waals surface area (Å²) >= 11 is 1.26. The number of carbonyl (C=O) groups excluding carboxylic acids is 1. The van der Waals surface area contributed by atoms with Crippen molar-refractivity contribution in [3.63, 3.8) is 0 Å². The molecule has 1 atom stereocenters. The molecule has 30 heavy (non-hydrogen) atoms. The fourth-order valence-corrected chi connectivity index (χ4v) is 3.69. The molecule has 4 N–H and O–H groups in total. The molecule has 2 aromatic rings. The molecule has 0 fully saturated rings. The standard InChI is InChI=1S/C17H23N4O7PS/c1-12-15(23)20-17(24)21(16(12)30-13-5-3-2-4-6-13)11-28-8-7-19-14(22)9-18-10-29(25,26)27/h2-6,18H,7-11H2,1H3,(H,19,22)(H,20,23,24)(H2,25,26,27)/p-1. The Morgan fingerprint density at radius 2 is 2.03 bits per heavy atom. The van der Waals surface area contributed by atoms with Crippen molar-refractivity contribution in [2.75, 3.05) is 26.0 Å². The molecule has 13 heteroatoms. The van der Waals surface area contributed by atoms with E-state index in [-0.39, 0.29) is 26.4 Å². The van der Waals surface area contributed by atoms with Gasteiger partial charge < -0.3 is 29.7 Å². The molecule has 0 saturated heterocycles. The number of ether oxygens (including phenoxy) is 1. The number of nitrogens with one attached hydrogen (secondary N) is 3. The fraction of sp³-hybridized carbons (Fsp3) is 0.353. The number of hydrogen-bond acceptors (Lipinski definition) is 8. The average molecular weight is 457 g/mol. The van der Waals surface area contributed by atoms with Gasteiger partial charge in [-0.3, -0.25) is 19.1 Å². The summed E-state index contributed by atoms with van der Waals surface area (Å²) in [6.45, 7) is 1.38. The Balaban J connectivity index is 1.90. The lowest BCUT2D eigenvalue weighted by atomic mass is 10.4. The number of nitrogens with zero attached hydrogens (tertiary/aromatic N) is 1. The quantitative estimate of drug-likeness (QED) is 0.192. The van der Waals surface area contributed by atoms with Crippen molar-refractivity contribution in [1.82, 2.24) is 20.2 Å². The van der Waals surface area contributed by atoms with E-state index in [2.05, 4.69) is 15.6 Å². The minimum atomic E-state index is -4.46. The highest BCUT2D eigenvalue weighted by Gasteiger charge is 2.13. The zero-order valence-corrected chi connectivity index (χ0v) is 17.8. The molecule has 2 rings (SSSR count). The van der Waals surface area contributed by atoms with Crippen LogP contribution in [0.15, 0.2) is 49.8 Å². The van der Waals surface area contributed by atoms with Gasteiger partial charge in [0.2, 0.25) is 5.91 Å². The van der Waals surface area contributed by atoms with Crippen LogP contribution in [0, 0.1) is 6.92 Å². The zero-order valence-electron chi connectivity index (χ0n) is 16.1. The topological polar surface area (TPSA) is 166 Å². The monoisotopic (exact) mass is 457 g/mol. The summed E-state index contributed by atoms with van der Waals surface area (Å²) in [6.07, 6.45) is -0.701. The third kappa shape index (κ3) is 7.90. The van der Waals surface area contributed by atoms with Gasteiger partial charge in [-0.05, 0) is 19.1 Å². The Morgan fingerprint density at radius 1 is 1.33 bits per heavy atom. The maximum absolute atomic E-state index is 12.2. The molecule has 0 aliphatic heterocycles. The van der Waals surface area contributed by atoms with Gasteiger partial charge in [0.05, 0.1) is 24.5 Å². The molecule has 0 aliphatic rings. The Hall–Kier alpha value is -2.21. The average Bonchev–Trinajstić information content (AvgIpc) is 2.67. The molecule has 1 unspecified atom stereocenters. The van der Waals surface area contributed by atoms with E-state index in [0.29, 0.717) is 10.6 Å². The van der Waals surface area contributed by atoms with Gasteiger partial charge in [0.25, 0.3) is 5.56 Å². The van der Waals surface area contributed by atoms with Gasteiger partial charge in [0, 0.05) is 17.0 Å². The molecule has 0 aliphatic carbocycles. The Bertz CT molecular complexity index is 1020. The van der Waals surface area contributed by atoms with E-state index in [9.17, 15) is 23.8 Å². The Morgan fingerprint density at radius 3 is 2.70 bits per heavy atom. The molecule has 0 spiro atoms. The summed E-state index contributed by atoms with van der Waals surface area (Å²) in [6, 6.07) is 9.26. The predicted molar refractivity (Wildman–Crippen MR) is 108 cm³/mol. The van der Waals surface area contributed by atoms with Crippen LogP contribution in [-0.2, 0) is 20.8 Å².